The molecule has 0 unspecified atom stereocenters. The highest BCUT2D eigenvalue weighted by Gasteiger charge is 2.11. The normalized spacial score (nSPS) is 11.7. The van der Waals surface area contributed by atoms with Crippen LogP contribution in [0.15, 0.2) is 34.1 Å². The van der Waals surface area contributed by atoms with Crippen molar-refractivity contribution in [3.63, 3.8) is 0 Å². The molecule has 1 heterocycles. The highest BCUT2D eigenvalue weighted by atomic mass is 79.9. The Kier molecular flexibility index (Phi) is 5.41. The van der Waals surface area contributed by atoms with Crippen LogP contribution in [0.5, 0.6) is 5.75 Å². The maximum Gasteiger partial charge on any atom is 0.165 e. The van der Waals surface area contributed by atoms with Crippen LogP contribution in [0, 0.1) is 5.82 Å². The third kappa shape index (κ3) is 5.09. The topological polar surface area (TPSA) is 21.3 Å². The quantitative estimate of drug-likeness (QED) is 0.787. The minimum absolute atomic E-state index is 0.0110. The number of rotatable bonds is 5. The standard InChI is InChI=1S/C16H19BrFNOS/c1-16(2,3)19-9-11-4-5-14(13(18)8-11)20-10-15-12(17)6-7-21-15/h4-8,19H,9-10H2,1-3H3. The van der Waals surface area contributed by atoms with Gasteiger partial charge < -0.3 is 10.1 Å². The van der Waals surface area contributed by atoms with E-state index in [2.05, 4.69) is 42.0 Å². The second kappa shape index (κ2) is 6.90. The Morgan fingerprint density at radius 1 is 1.29 bits per heavy atom. The van der Waals surface area contributed by atoms with E-state index in [1.807, 2.05) is 17.5 Å². The van der Waals surface area contributed by atoms with Crippen molar-refractivity contribution < 1.29 is 9.13 Å². The van der Waals surface area contributed by atoms with Gasteiger partial charge in [-0.2, -0.15) is 0 Å². The molecule has 0 radical (unpaired) electrons. The van der Waals surface area contributed by atoms with Crippen LogP contribution in [0.3, 0.4) is 0 Å². The first-order chi connectivity index (χ1) is 9.85. The predicted octanol–water partition coefficient (Wildman–Crippen LogP) is 5.12. The van der Waals surface area contributed by atoms with E-state index >= 15 is 0 Å². The van der Waals surface area contributed by atoms with Crippen LogP contribution in [0.2, 0.25) is 0 Å². The van der Waals surface area contributed by atoms with E-state index in [9.17, 15) is 4.39 Å². The molecule has 0 amide bonds. The summed E-state index contributed by atoms with van der Waals surface area (Å²) in [6.45, 7) is 7.26. The van der Waals surface area contributed by atoms with Crippen LogP contribution in [0.25, 0.3) is 0 Å². The van der Waals surface area contributed by atoms with E-state index in [0.717, 1.165) is 14.9 Å². The van der Waals surface area contributed by atoms with Crippen molar-refractivity contribution in [3.05, 3.63) is 50.4 Å². The monoisotopic (exact) mass is 371 g/mol. The lowest BCUT2D eigenvalue weighted by molar-refractivity contribution is 0.292. The minimum atomic E-state index is -0.323. The minimum Gasteiger partial charge on any atom is -0.485 e. The van der Waals surface area contributed by atoms with E-state index in [1.54, 1.807) is 17.4 Å². The fourth-order valence-electron chi connectivity index (χ4n) is 1.71. The third-order valence-electron chi connectivity index (χ3n) is 2.87. The maximum atomic E-state index is 14.0. The molecule has 0 saturated carbocycles. The van der Waals surface area contributed by atoms with Gasteiger partial charge in [0.25, 0.3) is 0 Å². The molecule has 2 nitrogen and oxygen atoms in total. The van der Waals surface area contributed by atoms with E-state index in [0.29, 0.717) is 13.2 Å². The van der Waals surface area contributed by atoms with Crippen molar-refractivity contribution in [1.82, 2.24) is 5.32 Å². The van der Waals surface area contributed by atoms with Gasteiger partial charge in [-0.1, -0.05) is 6.07 Å². The van der Waals surface area contributed by atoms with Gasteiger partial charge >= 0.3 is 0 Å². The zero-order valence-corrected chi connectivity index (χ0v) is 14.8. The summed E-state index contributed by atoms with van der Waals surface area (Å²) in [6.07, 6.45) is 0. The summed E-state index contributed by atoms with van der Waals surface area (Å²) in [5.41, 5.74) is 0.920. The van der Waals surface area contributed by atoms with Gasteiger partial charge in [-0.25, -0.2) is 4.39 Å². The van der Waals surface area contributed by atoms with Crippen molar-refractivity contribution in [2.24, 2.45) is 0 Å². The van der Waals surface area contributed by atoms with Crippen LogP contribution in [0.1, 0.15) is 31.2 Å². The largest absolute Gasteiger partial charge is 0.485 e. The van der Waals surface area contributed by atoms with Crippen LogP contribution < -0.4 is 10.1 Å². The number of halogens is 2. The predicted molar refractivity (Wildman–Crippen MR) is 89.3 cm³/mol. The molecule has 2 aromatic rings. The highest BCUT2D eigenvalue weighted by Crippen LogP contribution is 2.26. The van der Waals surface area contributed by atoms with Gasteiger partial charge in [0.1, 0.15) is 6.61 Å². The smallest absolute Gasteiger partial charge is 0.165 e. The van der Waals surface area contributed by atoms with E-state index in [-0.39, 0.29) is 17.1 Å². The van der Waals surface area contributed by atoms with Gasteiger partial charge in [0, 0.05) is 16.6 Å². The zero-order valence-electron chi connectivity index (χ0n) is 12.4. The van der Waals surface area contributed by atoms with Crippen LogP contribution >= 0.6 is 27.3 Å². The fourth-order valence-corrected chi connectivity index (χ4v) is 3.09. The Labute approximate surface area is 137 Å². The molecule has 1 N–H and O–H groups in total. The summed E-state index contributed by atoms with van der Waals surface area (Å²) in [5.74, 6) is -0.0364. The second-order valence-corrected chi connectivity index (χ2v) is 7.70. The second-order valence-electron chi connectivity index (χ2n) is 5.85. The Balaban J connectivity index is 1.97. The summed E-state index contributed by atoms with van der Waals surface area (Å²) in [4.78, 5) is 1.05. The van der Waals surface area contributed by atoms with Gasteiger partial charge in [-0.15, -0.1) is 11.3 Å². The summed E-state index contributed by atoms with van der Waals surface area (Å²) >= 11 is 5.02. The fraction of sp³-hybridized carbons (Fsp3) is 0.375. The Morgan fingerprint density at radius 2 is 2.05 bits per heavy atom. The first kappa shape index (κ1) is 16.5. The van der Waals surface area contributed by atoms with Gasteiger partial charge in [0.15, 0.2) is 11.6 Å². The van der Waals surface area contributed by atoms with Crippen molar-refractivity contribution in [2.75, 3.05) is 0 Å². The Hall–Kier alpha value is -0.910. The molecule has 0 spiro atoms. The molecular formula is C16H19BrFNOS. The molecule has 5 heteroatoms. The summed E-state index contributed by atoms with van der Waals surface area (Å²) in [6, 6.07) is 7.07. The first-order valence-corrected chi connectivity index (χ1v) is 8.40. The van der Waals surface area contributed by atoms with Gasteiger partial charge in [-0.05, 0) is 65.8 Å². The molecule has 0 bridgehead atoms. The molecule has 0 aliphatic carbocycles. The lowest BCUT2D eigenvalue weighted by atomic mass is 10.1. The number of hydrogen-bond donors (Lipinski definition) is 1. The number of nitrogens with one attached hydrogen (secondary N) is 1. The highest BCUT2D eigenvalue weighted by molar-refractivity contribution is 9.10. The molecule has 2 rings (SSSR count). The lowest BCUT2D eigenvalue weighted by Crippen LogP contribution is -2.35. The SMILES string of the molecule is CC(C)(C)NCc1ccc(OCc2sccc2Br)c(F)c1. The molecule has 0 atom stereocenters. The van der Waals surface area contributed by atoms with Crippen molar-refractivity contribution in [1.29, 1.82) is 0 Å². The van der Waals surface area contributed by atoms with Gasteiger partial charge in [-0.3, -0.25) is 0 Å². The molecule has 1 aromatic carbocycles. The van der Waals surface area contributed by atoms with Crippen molar-refractivity contribution >= 4 is 27.3 Å². The molecule has 1 aromatic heterocycles. The van der Waals surface area contributed by atoms with Gasteiger partial charge in [0.2, 0.25) is 0 Å². The Morgan fingerprint density at radius 3 is 2.62 bits per heavy atom. The van der Waals surface area contributed by atoms with Crippen LogP contribution in [-0.2, 0) is 13.2 Å². The van der Waals surface area contributed by atoms with Crippen LogP contribution in [0.4, 0.5) is 4.39 Å². The molecule has 0 saturated heterocycles. The average Bonchev–Trinajstić information content (AvgIpc) is 2.80. The number of thiophene rings is 1. The summed E-state index contributed by atoms with van der Waals surface area (Å²) < 4.78 is 20.6. The van der Waals surface area contributed by atoms with Crippen molar-refractivity contribution in [3.8, 4) is 5.75 Å². The molecule has 114 valence electrons. The number of benzene rings is 1. The van der Waals surface area contributed by atoms with E-state index in [1.165, 1.54) is 6.07 Å². The summed E-state index contributed by atoms with van der Waals surface area (Å²) in [5, 5.41) is 5.31. The van der Waals surface area contributed by atoms with Crippen molar-refractivity contribution in [2.45, 2.75) is 39.5 Å². The number of hydrogen-bond acceptors (Lipinski definition) is 3. The molecule has 0 fully saturated rings. The lowest BCUT2D eigenvalue weighted by Gasteiger charge is -2.20. The van der Waals surface area contributed by atoms with Gasteiger partial charge in [0.05, 0.1) is 4.88 Å². The third-order valence-corrected chi connectivity index (χ3v) is 4.77. The molecule has 21 heavy (non-hydrogen) atoms. The average molecular weight is 372 g/mol. The first-order valence-electron chi connectivity index (χ1n) is 6.73. The number of ether oxygens (including phenoxy) is 1. The van der Waals surface area contributed by atoms with Crippen LogP contribution in [-0.4, -0.2) is 5.54 Å². The maximum absolute atomic E-state index is 14.0. The molecular weight excluding hydrogens is 353 g/mol. The van der Waals surface area contributed by atoms with E-state index < -0.39 is 0 Å². The molecule has 0 aliphatic rings. The zero-order chi connectivity index (χ0) is 15.5. The Bertz CT molecular complexity index is 607. The van der Waals surface area contributed by atoms with E-state index in [4.69, 9.17) is 4.74 Å². The summed E-state index contributed by atoms with van der Waals surface area (Å²) in [7, 11) is 0. The molecule has 0 aliphatic heterocycles.